The SMILES string of the molecule is CCc1ccc(N([C@@H](C)C(=O)N2CCC(Cc3ccccc3)CC2)S(C)(=O)=O)cc1. The molecule has 6 heteroatoms. The van der Waals surface area contributed by atoms with Crippen molar-refractivity contribution in [3.05, 3.63) is 65.7 Å². The standard InChI is InChI=1S/C24H32N2O3S/c1-4-20-10-12-23(13-11-20)26(30(3,28)29)19(2)24(27)25-16-14-22(15-17-25)18-21-8-6-5-7-9-21/h5-13,19,22H,4,14-18H2,1-3H3/t19-/m0/s1. The van der Waals surface area contributed by atoms with Crippen molar-refractivity contribution >= 4 is 21.6 Å². The number of carbonyl (C=O) groups is 1. The molecule has 0 N–H and O–H groups in total. The number of sulfonamides is 1. The highest BCUT2D eigenvalue weighted by Gasteiger charge is 2.33. The lowest BCUT2D eigenvalue weighted by Crippen LogP contribution is -2.51. The van der Waals surface area contributed by atoms with Gasteiger partial charge in [0.2, 0.25) is 15.9 Å². The molecule has 0 unspecified atom stereocenters. The number of hydrogen-bond donors (Lipinski definition) is 0. The van der Waals surface area contributed by atoms with E-state index in [0.717, 1.165) is 37.5 Å². The van der Waals surface area contributed by atoms with Crippen LogP contribution >= 0.6 is 0 Å². The van der Waals surface area contributed by atoms with Crippen LogP contribution in [0, 0.1) is 5.92 Å². The van der Waals surface area contributed by atoms with Gasteiger partial charge in [0.05, 0.1) is 11.9 Å². The molecule has 1 aliphatic heterocycles. The first kappa shape index (κ1) is 22.3. The minimum absolute atomic E-state index is 0.127. The fourth-order valence-corrected chi connectivity index (χ4v) is 5.42. The largest absolute Gasteiger partial charge is 0.341 e. The summed E-state index contributed by atoms with van der Waals surface area (Å²) in [7, 11) is -3.59. The third kappa shape index (κ3) is 5.42. The number of nitrogens with zero attached hydrogens (tertiary/aromatic N) is 2. The maximum absolute atomic E-state index is 13.2. The first-order chi connectivity index (χ1) is 14.3. The summed E-state index contributed by atoms with van der Waals surface area (Å²) in [4.78, 5) is 15.0. The minimum atomic E-state index is -3.59. The molecule has 2 aromatic carbocycles. The van der Waals surface area contributed by atoms with E-state index >= 15 is 0 Å². The molecule has 1 fully saturated rings. The minimum Gasteiger partial charge on any atom is -0.341 e. The van der Waals surface area contributed by atoms with Gasteiger partial charge in [-0.1, -0.05) is 49.4 Å². The molecule has 0 spiro atoms. The van der Waals surface area contributed by atoms with Crippen LogP contribution in [0.4, 0.5) is 5.69 Å². The first-order valence-electron chi connectivity index (χ1n) is 10.7. The lowest BCUT2D eigenvalue weighted by Gasteiger charge is -2.36. The number of amides is 1. The predicted molar refractivity (Wildman–Crippen MR) is 122 cm³/mol. The third-order valence-electron chi connectivity index (χ3n) is 5.96. The third-order valence-corrected chi connectivity index (χ3v) is 7.20. The van der Waals surface area contributed by atoms with Crippen LogP contribution in [-0.2, 0) is 27.7 Å². The number of aryl methyl sites for hydroxylation is 1. The van der Waals surface area contributed by atoms with E-state index in [2.05, 4.69) is 31.2 Å². The Kier molecular flexibility index (Phi) is 7.19. The van der Waals surface area contributed by atoms with Gasteiger partial charge in [-0.3, -0.25) is 9.10 Å². The number of carbonyl (C=O) groups excluding carboxylic acids is 1. The average molecular weight is 429 g/mol. The van der Waals surface area contributed by atoms with E-state index in [1.807, 2.05) is 23.1 Å². The molecule has 1 aliphatic rings. The molecule has 1 atom stereocenters. The molecule has 1 amide bonds. The van der Waals surface area contributed by atoms with Crippen LogP contribution < -0.4 is 4.31 Å². The summed E-state index contributed by atoms with van der Waals surface area (Å²) in [6.07, 6.45) is 4.95. The molecule has 0 radical (unpaired) electrons. The van der Waals surface area contributed by atoms with Crippen molar-refractivity contribution in [2.45, 2.75) is 45.6 Å². The van der Waals surface area contributed by atoms with Gasteiger partial charge in [-0.2, -0.15) is 0 Å². The topological polar surface area (TPSA) is 57.7 Å². The zero-order chi connectivity index (χ0) is 21.7. The highest BCUT2D eigenvalue weighted by Crippen LogP contribution is 2.26. The lowest BCUT2D eigenvalue weighted by molar-refractivity contribution is -0.133. The number of hydrogen-bond acceptors (Lipinski definition) is 3. The molecule has 5 nitrogen and oxygen atoms in total. The number of piperidine rings is 1. The maximum atomic E-state index is 13.2. The van der Waals surface area contributed by atoms with Crippen LogP contribution in [-0.4, -0.2) is 44.6 Å². The Morgan fingerprint density at radius 1 is 1.03 bits per heavy atom. The summed E-state index contributed by atoms with van der Waals surface area (Å²) in [6, 6.07) is 17.1. The van der Waals surface area contributed by atoms with Crippen molar-refractivity contribution < 1.29 is 13.2 Å². The van der Waals surface area contributed by atoms with E-state index in [-0.39, 0.29) is 5.91 Å². The second-order valence-electron chi connectivity index (χ2n) is 8.21. The molecule has 3 rings (SSSR count). The average Bonchev–Trinajstić information content (AvgIpc) is 2.74. The normalized spacial score (nSPS) is 16.3. The summed E-state index contributed by atoms with van der Waals surface area (Å²) < 4.78 is 26.3. The number of rotatable bonds is 7. The Morgan fingerprint density at radius 3 is 2.17 bits per heavy atom. The molecule has 0 bridgehead atoms. The zero-order valence-corrected chi connectivity index (χ0v) is 18.9. The Bertz CT molecular complexity index is 934. The molecule has 0 saturated carbocycles. The van der Waals surface area contributed by atoms with E-state index in [0.29, 0.717) is 24.7 Å². The van der Waals surface area contributed by atoms with Gasteiger partial charge in [-0.05, 0) is 61.8 Å². The van der Waals surface area contributed by atoms with Crippen LogP contribution in [0.2, 0.25) is 0 Å². The van der Waals surface area contributed by atoms with Gasteiger partial charge >= 0.3 is 0 Å². The summed E-state index contributed by atoms with van der Waals surface area (Å²) in [5.41, 5.74) is 3.00. The smallest absolute Gasteiger partial charge is 0.246 e. The predicted octanol–water partition coefficient (Wildman–Crippen LogP) is 3.88. The second kappa shape index (κ2) is 9.65. The quantitative estimate of drug-likeness (QED) is 0.672. The van der Waals surface area contributed by atoms with Gasteiger partial charge in [-0.15, -0.1) is 0 Å². The van der Waals surface area contributed by atoms with E-state index < -0.39 is 16.1 Å². The molecule has 2 aromatic rings. The Balaban J connectivity index is 1.67. The van der Waals surface area contributed by atoms with Gasteiger partial charge in [-0.25, -0.2) is 8.42 Å². The molecule has 0 aliphatic carbocycles. The van der Waals surface area contributed by atoms with E-state index in [1.54, 1.807) is 19.1 Å². The van der Waals surface area contributed by atoms with Crippen molar-refractivity contribution in [2.24, 2.45) is 5.92 Å². The Labute approximate surface area is 180 Å². The van der Waals surface area contributed by atoms with Crippen LogP contribution in [0.15, 0.2) is 54.6 Å². The van der Waals surface area contributed by atoms with Gasteiger partial charge in [0, 0.05) is 13.1 Å². The molecular formula is C24H32N2O3S. The van der Waals surface area contributed by atoms with Gasteiger partial charge in [0.15, 0.2) is 0 Å². The maximum Gasteiger partial charge on any atom is 0.246 e. The van der Waals surface area contributed by atoms with Crippen molar-refractivity contribution in [1.82, 2.24) is 4.90 Å². The van der Waals surface area contributed by atoms with Crippen LogP contribution in [0.3, 0.4) is 0 Å². The van der Waals surface area contributed by atoms with E-state index in [1.165, 1.54) is 9.87 Å². The summed E-state index contributed by atoms with van der Waals surface area (Å²) in [5.74, 6) is 0.428. The zero-order valence-electron chi connectivity index (χ0n) is 18.1. The first-order valence-corrected chi connectivity index (χ1v) is 12.6. The second-order valence-corrected chi connectivity index (χ2v) is 10.1. The van der Waals surface area contributed by atoms with Crippen LogP contribution in [0.25, 0.3) is 0 Å². The van der Waals surface area contributed by atoms with E-state index in [4.69, 9.17) is 0 Å². The molecule has 162 valence electrons. The lowest BCUT2D eigenvalue weighted by atomic mass is 9.90. The number of benzene rings is 2. The van der Waals surface area contributed by atoms with Crippen molar-refractivity contribution in [2.75, 3.05) is 23.7 Å². The van der Waals surface area contributed by atoms with E-state index in [9.17, 15) is 13.2 Å². The Hall–Kier alpha value is -2.34. The summed E-state index contributed by atoms with van der Waals surface area (Å²) >= 11 is 0. The highest BCUT2D eigenvalue weighted by molar-refractivity contribution is 7.92. The monoisotopic (exact) mass is 428 g/mol. The van der Waals surface area contributed by atoms with Crippen molar-refractivity contribution in [1.29, 1.82) is 0 Å². The molecular weight excluding hydrogens is 396 g/mol. The molecule has 1 saturated heterocycles. The van der Waals surface area contributed by atoms with Gasteiger partial charge in [0.25, 0.3) is 0 Å². The van der Waals surface area contributed by atoms with Crippen molar-refractivity contribution in [3.63, 3.8) is 0 Å². The van der Waals surface area contributed by atoms with Crippen molar-refractivity contribution in [3.8, 4) is 0 Å². The fraction of sp³-hybridized carbons (Fsp3) is 0.458. The Morgan fingerprint density at radius 2 is 1.63 bits per heavy atom. The number of likely N-dealkylation sites (tertiary alicyclic amines) is 1. The van der Waals surface area contributed by atoms with Gasteiger partial charge < -0.3 is 4.90 Å². The van der Waals surface area contributed by atoms with Crippen LogP contribution in [0.1, 0.15) is 37.8 Å². The number of anilines is 1. The highest BCUT2D eigenvalue weighted by atomic mass is 32.2. The van der Waals surface area contributed by atoms with Crippen LogP contribution in [0.5, 0.6) is 0 Å². The molecule has 0 aromatic heterocycles. The molecule has 1 heterocycles. The fourth-order valence-electron chi connectivity index (χ4n) is 4.25. The molecule has 30 heavy (non-hydrogen) atoms. The summed E-state index contributed by atoms with van der Waals surface area (Å²) in [6.45, 7) is 5.09. The van der Waals surface area contributed by atoms with Gasteiger partial charge in [0.1, 0.15) is 6.04 Å². The summed E-state index contributed by atoms with van der Waals surface area (Å²) in [5, 5.41) is 0.